The van der Waals surface area contributed by atoms with E-state index in [1.807, 2.05) is 26.1 Å². The van der Waals surface area contributed by atoms with Crippen molar-refractivity contribution in [3.05, 3.63) is 35.9 Å². The van der Waals surface area contributed by atoms with Crippen LogP contribution in [-0.4, -0.2) is 32.5 Å². The van der Waals surface area contributed by atoms with Crippen LogP contribution in [0, 0.1) is 0 Å². The monoisotopic (exact) mass is 291 g/mol. The Morgan fingerprint density at radius 3 is 2.95 bits per heavy atom. The molecule has 0 amide bonds. The normalized spacial score (nSPS) is 31.1. The Balaban J connectivity index is 1.78. The first-order valence-corrected chi connectivity index (χ1v) is 6.94. The van der Waals surface area contributed by atoms with Crippen molar-refractivity contribution in [2.45, 2.75) is 37.9 Å². The van der Waals surface area contributed by atoms with Crippen LogP contribution in [0.2, 0.25) is 5.15 Å². The van der Waals surface area contributed by atoms with E-state index in [1.54, 1.807) is 0 Å². The molecule has 6 heteroatoms. The van der Waals surface area contributed by atoms with E-state index in [1.165, 1.54) is 6.33 Å². The largest absolute Gasteiger partial charge is 0.342 e. The van der Waals surface area contributed by atoms with E-state index in [0.717, 1.165) is 11.0 Å². The topological polar surface area (TPSA) is 49.2 Å². The average Bonchev–Trinajstić information content (AvgIpc) is 3.01. The van der Waals surface area contributed by atoms with Gasteiger partial charge in [-0.05, 0) is 19.9 Å². The zero-order valence-corrected chi connectivity index (χ0v) is 11.9. The number of fused-ring (bicyclic) bond motifs is 2. The molecule has 1 saturated heterocycles. The number of rotatable bonds is 1. The summed E-state index contributed by atoms with van der Waals surface area (Å²) < 4.78 is 13.9. The Morgan fingerprint density at radius 1 is 1.25 bits per heavy atom. The van der Waals surface area contributed by atoms with Crippen molar-refractivity contribution in [2.24, 2.45) is 0 Å². The standard InChI is InChI=1S/C14H14ClN3O2/c1-14(2)19-10-4-3-9(11(10)20-14)18-6-5-8-12(15)16-7-17-13(8)18/h3-7,9-11H,1-2H3/t9-,10-,11+/m1/s1. The van der Waals surface area contributed by atoms with Crippen LogP contribution < -0.4 is 0 Å². The summed E-state index contributed by atoms with van der Waals surface area (Å²) in [6, 6.07) is 1.99. The number of aromatic nitrogens is 3. The maximum atomic E-state index is 6.10. The first-order valence-electron chi connectivity index (χ1n) is 6.56. The minimum atomic E-state index is -0.548. The van der Waals surface area contributed by atoms with Gasteiger partial charge in [0.1, 0.15) is 29.3 Å². The van der Waals surface area contributed by atoms with Crippen LogP contribution in [-0.2, 0) is 9.47 Å². The molecule has 0 bridgehead atoms. The smallest absolute Gasteiger partial charge is 0.164 e. The minimum absolute atomic E-state index is 0.00948. The molecule has 0 N–H and O–H groups in total. The fraction of sp³-hybridized carbons (Fsp3) is 0.429. The van der Waals surface area contributed by atoms with E-state index in [-0.39, 0.29) is 18.2 Å². The average molecular weight is 292 g/mol. The van der Waals surface area contributed by atoms with Crippen molar-refractivity contribution < 1.29 is 9.47 Å². The summed E-state index contributed by atoms with van der Waals surface area (Å²) in [7, 11) is 0. The molecule has 104 valence electrons. The van der Waals surface area contributed by atoms with Gasteiger partial charge in [-0.15, -0.1) is 0 Å². The van der Waals surface area contributed by atoms with Crippen molar-refractivity contribution >= 4 is 22.6 Å². The molecular weight excluding hydrogens is 278 g/mol. The van der Waals surface area contributed by atoms with E-state index in [4.69, 9.17) is 21.1 Å². The highest BCUT2D eigenvalue weighted by Gasteiger charge is 2.47. The van der Waals surface area contributed by atoms with Gasteiger partial charge in [-0.25, -0.2) is 9.97 Å². The van der Waals surface area contributed by atoms with Gasteiger partial charge in [0, 0.05) is 6.20 Å². The summed E-state index contributed by atoms with van der Waals surface area (Å²) in [6.45, 7) is 3.87. The fourth-order valence-corrected chi connectivity index (χ4v) is 3.19. The first-order chi connectivity index (χ1) is 9.55. The quantitative estimate of drug-likeness (QED) is 0.599. The summed E-state index contributed by atoms with van der Waals surface area (Å²) in [4.78, 5) is 8.34. The van der Waals surface area contributed by atoms with E-state index < -0.39 is 5.79 Å². The molecule has 1 aliphatic carbocycles. The van der Waals surface area contributed by atoms with Crippen LogP contribution in [0.1, 0.15) is 19.9 Å². The Bertz CT molecular complexity index is 710. The third-order valence-corrected chi connectivity index (χ3v) is 4.08. The molecule has 2 aliphatic rings. The molecule has 0 spiro atoms. The van der Waals surface area contributed by atoms with Crippen LogP contribution >= 0.6 is 11.6 Å². The summed E-state index contributed by atoms with van der Waals surface area (Å²) in [6.07, 6.45) is 7.56. The molecule has 0 unspecified atom stereocenters. The second kappa shape index (κ2) is 4.04. The molecule has 1 fully saturated rings. The zero-order chi connectivity index (χ0) is 13.9. The van der Waals surface area contributed by atoms with Crippen LogP contribution in [0.4, 0.5) is 0 Å². The molecule has 2 aromatic rings. The van der Waals surface area contributed by atoms with Gasteiger partial charge < -0.3 is 14.0 Å². The molecule has 3 atom stereocenters. The van der Waals surface area contributed by atoms with Crippen molar-refractivity contribution in [3.8, 4) is 0 Å². The van der Waals surface area contributed by atoms with Crippen molar-refractivity contribution in [1.29, 1.82) is 0 Å². The third kappa shape index (κ3) is 1.70. The Morgan fingerprint density at radius 2 is 2.10 bits per heavy atom. The highest BCUT2D eigenvalue weighted by Crippen LogP contribution is 2.40. The molecule has 0 saturated carbocycles. The van der Waals surface area contributed by atoms with Crippen LogP contribution in [0.3, 0.4) is 0 Å². The maximum Gasteiger partial charge on any atom is 0.164 e. The lowest BCUT2D eigenvalue weighted by Crippen LogP contribution is -2.27. The fourth-order valence-electron chi connectivity index (χ4n) is 2.99. The lowest BCUT2D eigenvalue weighted by molar-refractivity contribution is -0.146. The van der Waals surface area contributed by atoms with Crippen molar-refractivity contribution in [1.82, 2.24) is 14.5 Å². The predicted molar refractivity (Wildman–Crippen MR) is 74.5 cm³/mol. The van der Waals surface area contributed by atoms with E-state index in [0.29, 0.717) is 5.15 Å². The summed E-state index contributed by atoms with van der Waals surface area (Å²) in [5, 5.41) is 1.32. The molecule has 5 nitrogen and oxygen atoms in total. The third-order valence-electron chi connectivity index (χ3n) is 3.78. The molecule has 20 heavy (non-hydrogen) atoms. The summed E-state index contributed by atoms with van der Waals surface area (Å²) in [5.41, 5.74) is 0.814. The van der Waals surface area contributed by atoms with Crippen molar-refractivity contribution in [3.63, 3.8) is 0 Å². The molecule has 0 radical (unpaired) electrons. The lowest BCUT2D eigenvalue weighted by atomic mass is 10.2. The van der Waals surface area contributed by atoms with Gasteiger partial charge in [0.15, 0.2) is 5.79 Å². The molecule has 3 heterocycles. The highest BCUT2D eigenvalue weighted by atomic mass is 35.5. The zero-order valence-electron chi connectivity index (χ0n) is 11.2. The van der Waals surface area contributed by atoms with Gasteiger partial charge in [-0.3, -0.25) is 0 Å². The van der Waals surface area contributed by atoms with E-state index in [9.17, 15) is 0 Å². The molecule has 1 aliphatic heterocycles. The second-order valence-electron chi connectivity index (χ2n) is 5.57. The van der Waals surface area contributed by atoms with Gasteiger partial charge in [-0.2, -0.15) is 0 Å². The Labute approximate surface area is 121 Å². The Hall–Kier alpha value is -1.43. The lowest BCUT2D eigenvalue weighted by Gasteiger charge is -2.22. The van der Waals surface area contributed by atoms with Crippen LogP contribution in [0.5, 0.6) is 0 Å². The minimum Gasteiger partial charge on any atom is -0.342 e. The Kier molecular flexibility index (Phi) is 2.49. The first kappa shape index (κ1) is 12.3. The van der Waals surface area contributed by atoms with Crippen molar-refractivity contribution in [2.75, 3.05) is 0 Å². The number of hydrogen-bond donors (Lipinski definition) is 0. The maximum absolute atomic E-state index is 6.10. The number of halogens is 1. The van der Waals surface area contributed by atoms with Gasteiger partial charge in [0.05, 0.1) is 11.4 Å². The van der Waals surface area contributed by atoms with Crippen LogP contribution in [0.25, 0.3) is 11.0 Å². The second-order valence-corrected chi connectivity index (χ2v) is 5.92. The van der Waals surface area contributed by atoms with Gasteiger partial charge in [0.2, 0.25) is 0 Å². The number of ether oxygens (including phenoxy) is 2. The van der Waals surface area contributed by atoms with Gasteiger partial charge in [0.25, 0.3) is 0 Å². The van der Waals surface area contributed by atoms with Gasteiger partial charge in [-0.1, -0.05) is 23.8 Å². The molecule has 0 aromatic carbocycles. The highest BCUT2D eigenvalue weighted by molar-refractivity contribution is 6.33. The van der Waals surface area contributed by atoms with E-state index >= 15 is 0 Å². The van der Waals surface area contributed by atoms with Gasteiger partial charge >= 0.3 is 0 Å². The SMILES string of the molecule is CC1(C)O[C@H]2[C@H](n3ccc4c(Cl)ncnc43)C=C[C@H]2O1. The number of nitrogens with zero attached hydrogens (tertiary/aromatic N) is 3. The number of hydrogen-bond acceptors (Lipinski definition) is 4. The summed E-state index contributed by atoms with van der Waals surface area (Å²) in [5.74, 6) is -0.548. The van der Waals surface area contributed by atoms with Crippen LogP contribution in [0.15, 0.2) is 30.7 Å². The molecular formula is C14H14ClN3O2. The molecule has 2 aromatic heterocycles. The van der Waals surface area contributed by atoms with E-state index in [2.05, 4.69) is 26.7 Å². The molecule has 4 rings (SSSR count). The summed E-state index contributed by atoms with van der Waals surface area (Å²) >= 11 is 6.10. The predicted octanol–water partition coefficient (Wildman–Crippen LogP) is 2.72.